The zero-order chi connectivity index (χ0) is 15.8. The van der Waals surface area contributed by atoms with Crippen LogP contribution in [0.15, 0.2) is 21.9 Å². The lowest BCUT2D eigenvalue weighted by Gasteiger charge is -2.16. The molecule has 1 aliphatic rings. The minimum absolute atomic E-state index is 0.648. The fourth-order valence-corrected chi connectivity index (χ4v) is 2.24. The molecule has 0 saturated carbocycles. The van der Waals surface area contributed by atoms with Gasteiger partial charge in [0.25, 0.3) is 5.56 Å². The van der Waals surface area contributed by atoms with E-state index in [-0.39, 0.29) is 0 Å². The summed E-state index contributed by atoms with van der Waals surface area (Å²) < 4.78 is 20.8. The standard InChI is InChI=1S/C9H13N2O9P/c12-5-1-2-11(9(15)10-5)8-7(14)6(13)4(20-8)3-19-21(16,17)18/h1-2,4,6-8,13-14H,3H2,(H,10,12,15)(H2,16,17,18)/t4-,6-,7+,8-/m1/s1. The Morgan fingerprint density at radius 2 is 2.00 bits per heavy atom. The van der Waals surface area contributed by atoms with Crippen LogP contribution in [0.3, 0.4) is 0 Å². The Balaban J connectivity index is 2.18. The molecule has 21 heavy (non-hydrogen) atoms. The highest BCUT2D eigenvalue weighted by molar-refractivity contribution is 7.46. The van der Waals surface area contributed by atoms with Crippen molar-refractivity contribution < 1.29 is 33.8 Å². The van der Waals surface area contributed by atoms with Crippen LogP contribution in [0.1, 0.15) is 6.23 Å². The molecule has 0 radical (unpaired) electrons. The molecule has 0 spiro atoms. The quantitative estimate of drug-likeness (QED) is 0.368. The topological polar surface area (TPSA) is 171 Å². The third-order valence-corrected chi connectivity index (χ3v) is 3.35. The molecule has 11 nitrogen and oxygen atoms in total. The summed E-state index contributed by atoms with van der Waals surface area (Å²) in [5, 5.41) is 19.6. The molecule has 0 aromatic carbocycles. The van der Waals surface area contributed by atoms with Gasteiger partial charge in [-0.15, -0.1) is 0 Å². The second-order valence-corrected chi connectivity index (χ2v) is 5.59. The van der Waals surface area contributed by atoms with E-state index in [0.29, 0.717) is 0 Å². The van der Waals surface area contributed by atoms with Crippen molar-refractivity contribution in [2.24, 2.45) is 0 Å². The summed E-state index contributed by atoms with van der Waals surface area (Å²) in [6.07, 6.45) is -4.58. The predicted molar refractivity (Wildman–Crippen MR) is 65.2 cm³/mol. The summed E-state index contributed by atoms with van der Waals surface area (Å²) in [7, 11) is -4.76. The molecule has 12 heteroatoms. The summed E-state index contributed by atoms with van der Waals surface area (Å²) in [5.74, 6) is 0. The number of nitrogens with one attached hydrogen (secondary N) is 1. The van der Waals surface area contributed by atoms with E-state index in [1.807, 2.05) is 4.98 Å². The summed E-state index contributed by atoms with van der Waals surface area (Å²) in [6.45, 7) is -0.683. The van der Waals surface area contributed by atoms with E-state index in [0.717, 1.165) is 16.8 Å². The first-order chi connectivity index (χ1) is 9.69. The summed E-state index contributed by atoms with van der Waals surface area (Å²) >= 11 is 0. The Bertz CT molecular complexity index is 664. The van der Waals surface area contributed by atoms with E-state index in [1.54, 1.807) is 0 Å². The molecule has 2 heterocycles. The molecule has 4 atom stereocenters. The number of aromatic nitrogens is 2. The molecule has 5 N–H and O–H groups in total. The van der Waals surface area contributed by atoms with Crippen LogP contribution in [-0.2, 0) is 13.8 Å². The van der Waals surface area contributed by atoms with Gasteiger partial charge in [-0.25, -0.2) is 9.36 Å². The normalized spacial score (nSPS) is 29.7. The Labute approximate surface area is 116 Å². The summed E-state index contributed by atoms with van der Waals surface area (Å²) in [5.41, 5.74) is -1.51. The summed E-state index contributed by atoms with van der Waals surface area (Å²) in [4.78, 5) is 41.6. The fraction of sp³-hybridized carbons (Fsp3) is 0.556. The molecule has 0 amide bonds. The maximum Gasteiger partial charge on any atom is 0.469 e. The Kier molecular flexibility index (Phi) is 4.44. The number of rotatable bonds is 4. The van der Waals surface area contributed by atoms with Gasteiger partial charge in [-0.3, -0.25) is 18.9 Å². The third-order valence-electron chi connectivity index (χ3n) is 2.87. The van der Waals surface area contributed by atoms with E-state index < -0.39 is 50.2 Å². The molecule has 0 aliphatic carbocycles. The van der Waals surface area contributed by atoms with Crippen molar-refractivity contribution in [3.63, 3.8) is 0 Å². The van der Waals surface area contributed by atoms with Gasteiger partial charge >= 0.3 is 13.5 Å². The van der Waals surface area contributed by atoms with E-state index in [2.05, 4.69) is 4.52 Å². The minimum atomic E-state index is -4.76. The molecule has 1 fully saturated rings. The first-order valence-corrected chi connectivity index (χ1v) is 7.25. The smallest absolute Gasteiger partial charge is 0.387 e. The zero-order valence-corrected chi connectivity index (χ0v) is 11.3. The van der Waals surface area contributed by atoms with Crippen molar-refractivity contribution in [3.8, 4) is 0 Å². The molecule has 118 valence electrons. The number of hydrogen-bond acceptors (Lipinski definition) is 7. The molecule has 1 aromatic heterocycles. The lowest BCUT2D eigenvalue weighted by atomic mass is 10.1. The highest BCUT2D eigenvalue weighted by Gasteiger charge is 2.44. The van der Waals surface area contributed by atoms with Gasteiger partial charge in [-0.1, -0.05) is 0 Å². The predicted octanol–water partition coefficient (Wildman–Crippen LogP) is -2.73. The first kappa shape index (κ1) is 16.0. The van der Waals surface area contributed by atoms with Crippen LogP contribution in [0.5, 0.6) is 0 Å². The van der Waals surface area contributed by atoms with Crippen LogP contribution in [-0.4, -0.2) is 54.5 Å². The lowest BCUT2D eigenvalue weighted by Crippen LogP contribution is -2.37. The van der Waals surface area contributed by atoms with Crippen molar-refractivity contribution in [3.05, 3.63) is 33.1 Å². The maximum absolute atomic E-state index is 11.6. The van der Waals surface area contributed by atoms with E-state index >= 15 is 0 Å². The van der Waals surface area contributed by atoms with Gasteiger partial charge < -0.3 is 24.7 Å². The average molecular weight is 324 g/mol. The van der Waals surface area contributed by atoms with Crippen LogP contribution in [0.4, 0.5) is 0 Å². The second-order valence-electron chi connectivity index (χ2n) is 4.35. The van der Waals surface area contributed by atoms with Crippen molar-refractivity contribution in [1.82, 2.24) is 9.55 Å². The number of ether oxygens (including phenoxy) is 1. The van der Waals surface area contributed by atoms with Crippen LogP contribution in [0.2, 0.25) is 0 Å². The number of aromatic amines is 1. The number of nitrogens with zero attached hydrogens (tertiary/aromatic N) is 1. The van der Waals surface area contributed by atoms with E-state index in [9.17, 15) is 24.4 Å². The molecule has 0 bridgehead atoms. The van der Waals surface area contributed by atoms with Gasteiger partial charge in [-0.05, 0) is 0 Å². The maximum atomic E-state index is 11.6. The Morgan fingerprint density at radius 1 is 1.33 bits per heavy atom. The highest BCUT2D eigenvalue weighted by Crippen LogP contribution is 2.38. The van der Waals surface area contributed by atoms with Gasteiger partial charge in [-0.2, -0.15) is 0 Å². The van der Waals surface area contributed by atoms with Crippen LogP contribution in [0, 0.1) is 0 Å². The fourth-order valence-electron chi connectivity index (χ4n) is 1.89. The van der Waals surface area contributed by atoms with Gasteiger partial charge in [0, 0.05) is 12.3 Å². The Hall–Kier alpha value is -1.33. The van der Waals surface area contributed by atoms with Crippen LogP contribution >= 0.6 is 7.82 Å². The van der Waals surface area contributed by atoms with Crippen molar-refractivity contribution in [2.75, 3.05) is 6.61 Å². The SMILES string of the molecule is O=c1ccn([C@@H]2O[C@H](COP(=O)(O)O)[C@@H](O)[C@@H]2O)c(=O)[nH]1. The summed E-state index contributed by atoms with van der Waals surface area (Å²) in [6, 6.07) is 1.02. The second kappa shape index (κ2) is 5.81. The molecule has 2 rings (SSSR count). The molecule has 1 aliphatic heterocycles. The van der Waals surface area contributed by atoms with Crippen LogP contribution in [0.25, 0.3) is 0 Å². The number of H-pyrrole nitrogens is 1. The molecule has 1 aromatic rings. The highest BCUT2D eigenvalue weighted by atomic mass is 31.2. The van der Waals surface area contributed by atoms with Crippen molar-refractivity contribution in [1.29, 1.82) is 0 Å². The number of aliphatic hydroxyl groups excluding tert-OH is 2. The van der Waals surface area contributed by atoms with Crippen LogP contribution < -0.4 is 11.2 Å². The number of hydrogen-bond donors (Lipinski definition) is 5. The first-order valence-electron chi connectivity index (χ1n) is 5.72. The lowest BCUT2D eigenvalue weighted by molar-refractivity contribution is -0.0543. The molecule has 1 saturated heterocycles. The number of phosphoric acid groups is 1. The molecular weight excluding hydrogens is 311 g/mol. The largest absolute Gasteiger partial charge is 0.469 e. The minimum Gasteiger partial charge on any atom is -0.387 e. The number of aliphatic hydroxyl groups is 2. The van der Waals surface area contributed by atoms with Gasteiger partial charge in [0.2, 0.25) is 0 Å². The number of phosphoric ester groups is 1. The van der Waals surface area contributed by atoms with E-state index in [4.69, 9.17) is 14.5 Å². The van der Waals surface area contributed by atoms with Crippen molar-refractivity contribution in [2.45, 2.75) is 24.5 Å². The van der Waals surface area contributed by atoms with E-state index in [1.165, 1.54) is 0 Å². The molecular formula is C9H13N2O9P. The van der Waals surface area contributed by atoms with Gasteiger partial charge in [0.05, 0.1) is 6.61 Å². The van der Waals surface area contributed by atoms with Gasteiger partial charge in [0.1, 0.15) is 18.3 Å². The molecule has 0 unspecified atom stereocenters. The average Bonchev–Trinajstić information content (AvgIpc) is 2.64. The van der Waals surface area contributed by atoms with Crippen molar-refractivity contribution >= 4 is 7.82 Å². The third kappa shape index (κ3) is 3.66. The van der Waals surface area contributed by atoms with Gasteiger partial charge in [0.15, 0.2) is 6.23 Å². The monoisotopic (exact) mass is 324 g/mol. The zero-order valence-electron chi connectivity index (χ0n) is 10.4. The Morgan fingerprint density at radius 3 is 2.57 bits per heavy atom.